The monoisotopic (exact) mass is 290 g/mol. The number of aromatic nitrogens is 2. The fraction of sp³-hybridized carbons (Fsp3) is 0.357. The smallest absolute Gasteiger partial charge is 0.311 e. The zero-order valence-corrected chi connectivity index (χ0v) is 12.1. The van der Waals surface area contributed by atoms with Gasteiger partial charge in [0.25, 0.3) is 0 Å². The molecule has 0 aliphatic carbocycles. The first-order valence-corrected chi connectivity index (χ1v) is 6.62. The summed E-state index contributed by atoms with van der Waals surface area (Å²) in [4.78, 5) is 14.9. The molecule has 1 aromatic heterocycles. The van der Waals surface area contributed by atoms with Crippen molar-refractivity contribution in [2.24, 2.45) is 7.05 Å². The Bertz CT molecular complexity index is 624. The third-order valence-corrected chi connectivity index (χ3v) is 3.11. The molecule has 0 bridgehead atoms. The van der Waals surface area contributed by atoms with E-state index in [4.69, 9.17) is 4.74 Å². The van der Waals surface area contributed by atoms with Crippen LogP contribution in [0.4, 0.5) is 5.69 Å². The predicted octanol–water partition coefficient (Wildman–Crippen LogP) is 1.67. The minimum atomic E-state index is -0.421. The first-order chi connectivity index (χ1) is 10.1. The molecule has 2 rings (SSSR count). The number of hydrogen-bond donors (Lipinski definition) is 1. The van der Waals surface area contributed by atoms with Gasteiger partial charge in [-0.15, -0.1) is 0 Å². The lowest BCUT2D eigenvalue weighted by Gasteiger charge is -2.08. The van der Waals surface area contributed by atoms with Gasteiger partial charge in [0.15, 0.2) is 5.75 Å². The van der Waals surface area contributed by atoms with Crippen molar-refractivity contribution in [3.8, 4) is 5.75 Å². The Kier molecular flexibility index (Phi) is 4.89. The lowest BCUT2D eigenvalue weighted by atomic mass is 10.2. The Hall–Kier alpha value is -2.41. The Morgan fingerprint density at radius 1 is 1.48 bits per heavy atom. The molecule has 1 N–H and O–H groups in total. The summed E-state index contributed by atoms with van der Waals surface area (Å²) in [6.45, 7) is 0.922. The van der Waals surface area contributed by atoms with Gasteiger partial charge in [-0.3, -0.25) is 10.1 Å². The van der Waals surface area contributed by atoms with E-state index >= 15 is 0 Å². The molecule has 1 aromatic carbocycles. The van der Waals surface area contributed by atoms with Crippen LogP contribution in [0.2, 0.25) is 0 Å². The van der Waals surface area contributed by atoms with Crippen LogP contribution >= 0.6 is 0 Å². The van der Waals surface area contributed by atoms with Crippen LogP contribution < -0.4 is 10.1 Å². The third kappa shape index (κ3) is 3.79. The van der Waals surface area contributed by atoms with Gasteiger partial charge < -0.3 is 14.6 Å². The summed E-state index contributed by atoms with van der Waals surface area (Å²) < 4.78 is 7.44. The average Bonchev–Trinajstić information content (AvgIpc) is 2.86. The number of nitro benzene ring substituents is 1. The summed E-state index contributed by atoms with van der Waals surface area (Å²) in [5.74, 6) is 1.17. The standard InChI is InChI=1S/C14H18N4O3/c1-15-10-11-3-4-13(12(9-11)18(19)20)21-8-5-14-16-6-7-17(14)2/h3-4,6-7,9,15H,5,8,10H2,1-2H3. The van der Waals surface area contributed by atoms with Gasteiger partial charge in [0.2, 0.25) is 0 Å². The number of nitrogens with one attached hydrogen (secondary N) is 1. The van der Waals surface area contributed by atoms with Gasteiger partial charge in [-0.05, 0) is 18.7 Å². The van der Waals surface area contributed by atoms with Gasteiger partial charge >= 0.3 is 5.69 Å². The van der Waals surface area contributed by atoms with Crippen LogP contribution in [-0.2, 0) is 20.0 Å². The maximum atomic E-state index is 11.1. The molecular formula is C14H18N4O3. The first kappa shape index (κ1) is 15.0. The molecule has 0 atom stereocenters. The van der Waals surface area contributed by atoms with E-state index in [9.17, 15) is 10.1 Å². The molecule has 7 heteroatoms. The van der Waals surface area contributed by atoms with Gasteiger partial charge in [0, 0.05) is 38.5 Å². The summed E-state index contributed by atoms with van der Waals surface area (Å²) in [6.07, 6.45) is 4.16. The van der Waals surface area contributed by atoms with E-state index in [1.54, 1.807) is 19.3 Å². The molecule has 0 radical (unpaired) electrons. The maximum Gasteiger partial charge on any atom is 0.311 e. The Morgan fingerprint density at radius 2 is 2.29 bits per heavy atom. The molecule has 0 amide bonds. The van der Waals surface area contributed by atoms with Gasteiger partial charge in [0.1, 0.15) is 5.82 Å². The van der Waals surface area contributed by atoms with Crippen molar-refractivity contribution in [2.45, 2.75) is 13.0 Å². The normalized spacial score (nSPS) is 10.6. The molecular weight excluding hydrogens is 272 g/mol. The van der Waals surface area contributed by atoms with Gasteiger partial charge in [-0.1, -0.05) is 6.07 Å². The summed E-state index contributed by atoms with van der Waals surface area (Å²) in [5, 5.41) is 14.1. The fourth-order valence-corrected chi connectivity index (χ4v) is 2.03. The van der Waals surface area contributed by atoms with Gasteiger partial charge in [0.05, 0.1) is 11.5 Å². The predicted molar refractivity (Wildman–Crippen MR) is 78.3 cm³/mol. The maximum absolute atomic E-state index is 11.1. The molecule has 112 valence electrons. The Labute approximate surface area is 122 Å². The highest BCUT2D eigenvalue weighted by Gasteiger charge is 2.16. The zero-order chi connectivity index (χ0) is 15.2. The number of hydrogen-bond acceptors (Lipinski definition) is 5. The van der Waals surface area contributed by atoms with E-state index in [1.165, 1.54) is 6.07 Å². The lowest BCUT2D eigenvalue weighted by Crippen LogP contribution is -2.08. The van der Waals surface area contributed by atoms with Crippen molar-refractivity contribution in [1.29, 1.82) is 0 Å². The van der Waals surface area contributed by atoms with Gasteiger partial charge in [-0.25, -0.2) is 4.98 Å². The number of ether oxygens (including phenoxy) is 1. The molecule has 1 heterocycles. The Morgan fingerprint density at radius 3 is 2.90 bits per heavy atom. The zero-order valence-electron chi connectivity index (χ0n) is 12.1. The highest BCUT2D eigenvalue weighted by atomic mass is 16.6. The topological polar surface area (TPSA) is 82.2 Å². The quantitative estimate of drug-likeness (QED) is 0.619. The lowest BCUT2D eigenvalue weighted by molar-refractivity contribution is -0.385. The van der Waals surface area contributed by atoms with Crippen molar-refractivity contribution in [3.05, 3.63) is 52.1 Å². The minimum Gasteiger partial charge on any atom is -0.486 e. The van der Waals surface area contributed by atoms with Gasteiger partial charge in [-0.2, -0.15) is 0 Å². The first-order valence-electron chi connectivity index (χ1n) is 6.62. The van der Waals surface area contributed by atoms with E-state index < -0.39 is 4.92 Å². The molecule has 0 aliphatic heterocycles. The van der Waals surface area contributed by atoms with Crippen molar-refractivity contribution >= 4 is 5.69 Å². The van der Waals surface area contributed by atoms with E-state index in [0.29, 0.717) is 19.6 Å². The molecule has 0 aliphatic rings. The van der Waals surface area contributed by atoms with E-state index in [2.05, 4.69) is 10.3 Å². The molecule has 7 nitrogen and oxygen atoms in total. The van der Waals surface area contributed by atoms with Crippen LogP contribution in [-0.4, -0.2) is 28.1 Å². The molecule has 0 saturated carbocycles. The van der Waals surface area contributed by atoms with Crippen LogP contribution in [0.1, 0.15) is 11.4 Å². The average molecular weight is 290 g/mol. The minimum absolute atomic E-state index is 0.0115. The third-order valence-electron chi connectivity index (χ3n) is 3.11. The largest absolute Gasteiger partial charge is 0.486 e. The summed E-state index contributed by atoms with van der Waals surface area (Å²) in [5.41, 5.74) is 0.836. The summed E-state index contributed by atoms with van der Waals surface area (Å²) >= 11 is 0. The second-order valence-corrected chi connectivity index (χ2v) is 4.64. The Balaban J connectivity index is 2.05. The van der Waals surface area contributed by atoms with Crippen molar-refractivity contribution < 1.29 is 9.66 Å². The number of imidazole rings is 1. The fourth-order valence-electron chi connectivity index (χ4n) is 2.03. The highest BCUT2D eigenvalue weighted by molar-refractivity contribution is 5.48. The molecule has 21 heavy (non-hydrogen) atoms. The highest BCUT2D eigenvalue weighted by Crippen LogP contribution is 2.28. The number of rotatable bonds is 7. The van der Waals surface area contributed by atoms with E-state index in [0.717, 1.165) is 11.4 Å². The van der Waals surface area contributed by atoms with Crippen LogP contribution in [0.25, 0.3) is 0 Å². The number of nitrogens with zero attached hydrogens (tertiary/aromatic N) is 3. The second-order valence-electron chi connectivity index (χ2n) is 4.64. The van der Waals surface area contributed by atoms with Crippen LogP contribution in [0.5, 0.6) is 5.75 Å². The van der Waals surface area contributed by atoms with E-state index in [1.807, 2.05) is 23.9 Å². The SMILES string of the molecule is CNCc1ccc(OCCc2nccn2C)c([N+](=O)[O-])c1. The molecule has 0 saturated heterocycles. The molecule has 0 spiro atoms. The number of nitro groups is 1. The van der Waals surface area contributed by atoms with E-state index in [-0.39, 0.29) is 11.4 Å². The molecule has 2 aromatic rings. The van der Waals surface area contributed by atoms with Crippen molar-refractivity contribution in [2.75, 3.05) is 13.7 Å². The number of aryl methyl sites for hydroxylation is 1. The number of benzene rings is 1. The summed E-state index contributed by atoms with van der Waals surface area (Å²) in [7, 11) is 3.69. The van der Waals surface area contributed by atoms with Crippen molar-refractivity contribution in [3.63, 3.8) is 0 Å². The second kappa shape index (κ2) is 6.85. The van der Waals surface area contributed by atoms with Crippen LogP contribution in [0.3, 0.4) is 0 Å². The summed E-state index contributed by atoms with van der Waals surface area (Å²) in [6, 6.07) is 5.00. The van der Waals surface area contributed by atoms with Crippen LogP contribution in [0, 0.1) is 10.1 Å². The van der Waals surface area contributed by atoms with Crippen molar-refractivity contribution in [1.82, 2.24) is 14.9 Å². The van der Waals surface area contributed by atoms with Crippen LogP contribution in [0.15, 0.2) is 30.6 Å². The molecule has 0 unspecified atom stereocenters. The molecule has 0 fully saturated rings.